The number of rotatable bonds is 6. The summed E-state index contributed by atoms with van der Waals surface area (Å²) in [6.45, 7) is 1.97. The summed E-state index contributed by atoms with van der Waals surface area (Å²) in [5.74, 6) is 2.85. The highest BCUT2D eigenvalue weighted by Gasteiger charge is 2.16. The Kier molecular flexibility index (Phi) is 5.03. The predicted molar refractivity (Wildman–Crippen MR) is 95.5 cm³/mol. The standard InChI is InChI=1S/C18H24N4O2/c1-12-10-17(20-13-6-4-5-7-13)22-18(19-12)21-15-9-8-14(23-2)11-16(15)24-3/h8-11,13H,4-7H2,1-3H3,(H2,19,20,21,22). The highest BCUT2D eigenvalue weighted by Crippen LogP contribution is 2.31. The SMILES string of the molecule is COc1ccc(Nc2nc(C)cc(NC3CCCC3)n2)c(OC)c1. The molecule has 6 heteroatoms. The highest BCUT2D eigenvalue weighted by molar-refractivity contribution is 5.65. The van der Waals surface area contributed by atoms with E-state index in [9.17, 15) is 0 Å². The molecular formula is C18H24N4O2. The first-order valence-corrected chi connectivity index (χ1v) is 8.29. The van der Waals surface area contributed by atoms with Crippen LogP contribution in [0.25, 0.3) is 0 Å². The van der Waals surface area contributed by atoms with Crippen LogP contribution in [0.3, 0.4) is 0 Å². The van der Waals surface area contributed by atoms with Crippen molar-refractivity contribution in [3.8, 4) is 11.5 Å². The number of aryl methyl sites for hydroxylation is 1. The predicted octanol–water partition coefficient (Wildman–Crippen LogP) is 3.90. The summed E-state index contributed by atoms with van der Waals surface area (Å²) in [6.07, 6.45) is 4.99. The van der Waals surface area contributed by atoms with Gasteiger partial charge >= 0.3 is 0 Å². The summed E-state index contributed by atoms with van der Waals surface area (Å²) in [7, 11) is 3.26. The molecule has 6 nitrogen and oxygen atoms in total. The second-order valence-corrected chi connectivity index (χ2v) is 6.04. The first-order chi connectivity index (χ1) is 11.7. The van der Waals surface area contributed by atoms with Crippen molar-refractivity contribution in [3.63, 3.8) is 0 Å². The molecule has 0 aliphatic heterocycles. The minimum atomic E-state index is 0.516. The van der Waals surface area contributed by atoms with Crippen molar-refractivity contribution in [3.05, 3.63) is 30.0 Å². The van der Waals surface area contributed by atoms with Crippen molar-refractivity contribution in [2.75, 3.05) is 24.9 Å². The van der Waals surface area contributed by atoms with Crippen molar-refractivity contribution in [2.24, 2.45) is 0 Å². The van der Waals surface area contributed by atoms with Gasteiger partial charge < -0.3 is 20.1 Å². The molecule has 0 bridgehead atoms. The first kappa shape index (κ1) is 16.4. The van der Waals surface area contributed by atoms with Crippen LogP contribution in [0.2, 0.25) is 0 Å². The van der Waals surface area contributed by atoms with E-state index >= 15 is 0 Å². The molecule has 1 saturated carbocycles. The molecule has 2 N–H and O–H groups in total. The first-order valence-electron chi connectivity index (χ1n) is 8.29. The second-order valence-electron chi connectivity index (χ2n) is 6.04. The van der Waals surface area contributed by atoms with Gasteiger partial charge in [-0.15, -0.1) is 0 Å². The van der Waals surface area contributed by atoms with E-state index in [1.54, 1.807) is 14.2 Å². The Hall–Kier alpha value is -2.50. The van der Waals surface area contributed by atoms with Crippen LogP contribution < -0.4 is 20.1 Å². The third-order valence-electron chi connectivity index (χ3n) is 4.22. The summed E-state index contributed by atoms with van der Waals surface area (Å²) in [6, 6.07) is 8.10. The van der Waals surface area contributed by atoms with Gasteiger partial charge in [-0.2, -0.15) is 4.98 Å². The highest BCUT2D eigenvalue weighted by atomic mass is 16.5. The summed E-state index contributed by atoms with van der Waals surface area (Å²) in [4.78, 5) is 9.06. The number of nitrogens with one attached hydrogen (secondary N) is 2. The zero-order valence-corrected chi connectivity index (χ0v) is 14.4. The third-order valence-corrected chi connectivity index (χ3v) is 4.22. The van der Waals surface area contributed by atoms with Crippen molar-refractivity contribution in [1.29, 1.82) is 0 Å². The van der Waals surface area contributed by atoms with E-state index in [-0.39, 0.29) is 0 Å². The molecule has 0 saturated heterocycles. The average Bonchev–Trinajstić information content (AvgIpc) is 3.07. The van der Waals surface area contributed by atoms with E-state index in [1.807, 2.05) is 31.2 Å². The van der Waals surface area contributed by atoms with Crippen molar-refractivity contribution >= 4 is 17.5 Å². The molecule has 0 amide bonds. The van der Waals surface area contributed by atoms with Crippen LogP contribution in [-0.2, 0) is 0 Å². The Labute approximate surface area is 142 Å². The fraction of sp³-hybridized carbons (Fsp3) is 0.444. The van der Waals surface area contributed by atoms with Crippen LogP contribution in [0, 0.1) is 6.92 Å². The molecule has 128 valence electrons. The number of ether oxygens (including phenoxy) is 2. The lowest BCUT2D eigenvalue weighted by atomic mass is 10.2. The summed E-state index contributed by atoms with van der Waals surface area (Å²) < 4.78 is 10.6. The Morgan fingerprint density at radius 1 is 1.04 bits per heavy atom. The van der Waals surface area contributed by atoms with E-state index in [0.29, 0.717) is 17.7 Å². The monoisotopic (exact) mass is 328 g/mol. The quantitative estimate of drug-likeness (QED) is 0.838. The van der Waals surface area contributed by atoms with Gasteiger partial charge in [0, 0.05) is 23.9 Å². The zero-order chi connectivity index (χ0) is 16.9. The molecule has 0 radical (unpaired) electrons. The molecule has 0 unspecified atom stereocenters. The largest absolute Gasteiger partial charge is 0.497 e. The second kappa shape index (κ2) is 7.38. The molecule has 2 aromatic rings. The maximum atomic E-state index is 5.41. The van der Waals surface area contributed by atoms with Gasteiger partial charge in [0.15, 0.2) is 0 Å². The lowest BCUT2D eigenvalue weighted by Gasteiger charge is -2.15. The molecule has 1 heterocycles. The van der Waals surface area contributed by atoms with Gasteiger partial charge in [-0.05, 0) is 31.9 Å². The van der Waals surface area contributed by atoms with E-state index in [4.69, 9.17) is 9.47 Å². The van der Waals surface area contributed by atoms with Gasteiger partial charge in [-0.3, -0.25) is 0 Å². The molecule has 24 heavy (non-hydrogen) atoms. The van der Waals surface area contributed by atoms with E-state index in [1.165, 1.54) is 25.7 Å². The molecule has 0 spiro atoms. The smallest absolute Gasteiger partial charge is 0.229 e. The topological polar surface area (TPSA) is 68.3 Å². The number of nitrogens with zero attached hydrogens (tertiary/aromatic N) is 2. The minimum Gasteiger partial charge on any atom is -0.497 e. The minimum absolute atomic E-state index is 0.516. The molecule has 1 aromatic heterocycles. The van der Waals surface area contributed by atoms with Crippen LogP contribution >= 0.6 is 0 Å². The Morgan fingerprint density at radius 2 is 1.83 bits per heavy atom. The summed E-state index contributed by atoms with van der Waals surface area (Å²) in [5.41, 5.74) is 1.72. The van der Waals surface area contributed by atoms with Crippen LogP contribution in [-0.4, -0.2) is 30.2 Å². The van der Waals surface area contributed by atoms with E-state index in [0.717, 1.165) is 22.9 Å². The fourth-order valence-corrected chi connectivity index (χ4v) is 3.00. The Morgan fingerprint density at radius 3 is 2.54 bits per heavy atom. The number of aromatic nitrogens is 2. The Bertz CT molecular complexity index is 699. The molecule has 1 aromatic carbocycles. The lowest BCUT2D eigenvalue weighted by molar-refractivity contribution is 0.395. The van der Waals surface area contributed by atoms with Crippen molar-refractivity contribution in [1.82, 2.24) is 9.97 Å². The molecule has 1 aliphatic carbocycles. The molecule has 3 rings (SSSR count). The van der Waals surface area contributed by atoms with E-state index < -0.39 is 0 Å². The molecule has 0 atom stereocenters. The zero-order valence-electron chi connectivity index (χ0n) is 14.4. The van der Waals surface area contributed by atoms with Gasteiger partial charge in [0.25, 0.3) is 0 Å². The average molecular weight is 328 g/mol. The fourth-order valence-electron chi connectivity index (χ4n) is 3.00. The molecular weight excluding hydrogens is 304 g/mol. The molecule has 1 fully saturated rings. The summed E-state index contributed by atoms with van der Waals surface area (Å²) in [5, 5.41) is 6.75. The van der Waals surface area contributed by atoms with Crippen molar-refractivity contribution in [2.45, 2.75) is 38.6 Å². The lowest BCUT2D eigenvalue weighted by Crippen LogP contribution is -2.16. The van der Waals surface area contributed by atoms with E-state index in [2.05, 4.69) is 20.6 Å². The van der Waals surface area contributed by atoms with Gasteiger partial charge in [-0.1, -0.05) is 12.8 Å². The Balaban J connectivity index is 1.80. The van der Waals surface area contributed by atoms with Crippen LogP contribution in [0.15, 0.2) is 24.3 Å². The van der Waals surface area contributed by atoms with Crippen molar-refractivity contribution < 1.29 is 9.47 Å². The number of methoxy groups -OCH3 is 2. The normalized spacial score (nSPS) is 14.5. The van der Waals surface area contributed by atoms with Gasteiger partial charge in [0.1, 0.15) is 17.3 Å². The third kappa shape index (κ3) is 3.88. The number of benzene rings is 1. The molecule has 1 aliphatic rings. The van der Waals surface area contributed by atoms with Gasteiger partial charge in [-0.25, -0.2) is 4.98 Å². The maximum Gasteiger partial charge on any atom is 0.229 e. The summed E-state index contributed by atoms with van der Waals surface area (Å²) >= 11 is 0. The van der Waals surface area contributed by atoms with Crippen LogP contribution in [0.5, 0.6) is 11.5 Å². The van der Waals surface area contributed by atoms with Crippen LogP contribution in [0.1, 0.15) is 31.4 Å². The van der Waals surface area contributed by atoms with Crippen LogP contribution in [0.4, 0.5) is 17.5 Å². The maximum absolute atomic E-state index is 5.41. The van der Waals surface area contributed by atoms with Gasteiger partial charge in [0.05, 0.1) is 19.9 Å². The number of hydrogen-bond acceptors (Lipinski definition) is 6. The number of hydrogen-bond donors (Lipinski definition) is 2. The van der Waals surface area contributed by atoms with Gasteiger partial charge in [0.2, 0.25) is 5.95 Å². The number of anilines is 3.